The van der Waals surface area contributed by atoms with Gasteiger partial charge in [-0.2, -0.15) is 11.8 Å². The minimum atomic E-state index is 0.302. The van der Waals surface area contributed by atoms with Crippen LogP contribution in [-0.2, 0) is 11.2 Å². The summed E-state index contributed by atoms with van der Waals surface area (Å²) in [4.78, 5) is 14.9. The summed E-state index contributed by atoms with van der Waals surface area (Å²) in [5.74, 6) is 1.18. The molecule has 4 heteroatoms. The van der Waals surface area contributed by atoms with Gasteiger partial charge in [-0.15, -0.1) is 0 Å². The second-order valence-corrected chi connectivity index (χ2v) is 7.41. The highest BCUT2D eigenvalue weighted by Crippen LogP contribution is 2.39. The predicted molar refractivity (Wildman–Crippen MR) is 91.5 cm³/mol. The first-order chi connectivity index (χ1) is 10.7. The van der Waals surface area contributed by atoms with Crippen LogP contribution in [0.3, 0.4) is 0 Å². The van der Waals surface area contributed by atoms with E-state index in [0.717, 1.165) is 16.6 Å². The fraction of sp³-hybridized carbons (Fsp3) is 0.611. The Morgan fingerprint density at radius 1 is 1.23 bits per heavy atom. The van der Waals surface area contributed by atoms with Crippen LogP contribution >= 0.6 is 11.8 Å². The maximum absolute atomic E-state index is 12.7. The van der Waals surface area contributed by atoms with Crippen LogP contribution in [0.5, 0.6) is 5.75 Å². The van der Waals surface area contributed by atoms with E-state index in [2.05, 4.69) is 11.2 Å². The topological polar surface area (TPSA) is 29.5 Å². The molecule has 0 N–H and O–H groups in total. The standard InChI is InChI=1S/C18H25NO2S/c1-3-21-16-8-4-13(5-9-16)10-18(20)19-14-6-7-15(19)12-17(11-14)22-2/h4-5,8-9,14-15,17H,3,6-7,10-12H2,1-2H3. The molecule has 0 aliphatic carbocycles. The van der Waals surface area contributed by atoms with Crippen molar-refractivity contribution in [1.29, 1.82) is 0 Å². The highest BCUT2D eigenvalue weighted by Gasteiger charge is 2.42. The Hall–Kier alpha value is -1.16. The lowest BCUT2D eigenvalue weighted by molar-refractivity contribution is -0.134. The number of hydrogen-bond acceptors (Lipinski definition) is 3. The second kappa shape index (κ2) is 6.95. The summed E-state index contributed by atoms with van der Waals surface area (Å²) in [7, 11) is 0. The predicted octanol–water partition coefficient (Wildman–Crippen LogP) is 3.51. The van der Waals surface area contributed by atoms with Gasteiger partial charge in [0.2, 0.25) is 5.91 Å². The molecule has 0 radical (unpaired) electrons. The van der Waals surface area contributed by atoms with E-state index in [1.165, 1.54) is 25.7 Å². The summed E-state index contributed by atoms with van der Waals surface area (Å²) in [6.07, 6.45) is 7.44. The Morgan fingerprint density at radius 3 is 2.41 bits per heavy atom. The van der Waals surface area contributed by atoms with Crippen molar-refractivity contribution in [3.05, 3.63) is 29.8 Å². The molecule has 120 valence electrons. The highest BCUT2D eigenvalue weighted by atomic mass is 32.2. The molecule has 2 fully saturated rings. The average Bonchev–Trinajstić information content (AvgIpc) is 2.80. The molecule has 0 saturated carbocycles. The Labute approximate surface area is 137 Å². The third kappa shape index (κ3) is 3.27. The maximum Gasteiger partial charge on any atom is 0.227 e. The Morgan fingerprint density at radius 2 is 1.86 bits per heavy atom. The van der Waals surface area contributed by atoms with Crippen molar-refractivity contribution in [3.8, 4) is 5.75 Å². The largest absolute Gasteiger partial charge is 0.494 e. The first-order valence-electron chi connectivity index (χ1n) is 8.27. The van der Waals surface area contributed by atoms with Gasteiger partial charge in [-0.25, -0.2) is 0 Å². The lowest BCUT2D eigenvalue weighted by Crippen LogP contribution is -2.47. The van der Waals surface area contributed by atoms with Crippen molar-refractivity contribution >= 4 is 17.7 Å². The van der Waals surface area contributed by atoms with Gasteiger partial charge in [0.05, 0.1) is 13.0 Å². The van der Waals surface area contributed by atoms with Gasteiger partial charge in [0.15, 0.2) is 0 Å². The first-order valence-corrected chi connectivity index (χ1v) is 9.55. The summed E-state index contributed by atoms with van der Waals surface area (Å²) >= 11 is 1.97. The molecule has 1 aromatic carbocycles. The summed E-state index contributed by atoms with van der Waals surface area (Å²) in [5.41, 5.74) is 1.08. The fourth-order valence-corrected chi connectivity index (χ4v) is 4.69. The molecule has 2 atom stereocenters. The number of amides is 1. The molecule has 2 unspecified atom stereocenters. The number of hydrogen-bond donors (Lipinski definition) is 0. The molecule has 22 heavy (non-hydrogen) atoms. The van der Waals surface area contributed by atoms with E-state index in [1.54, 1.807) is 0 Å². The number of rotatable bonds is 5. The number of ether oxygens (including phenoxy) is 1. The zero-order chi connectivity index (χ0) is 15.5. The number of carbonyl (C=O) groups excluding carboxylic acids is 1. The molecule has 0 spiro atoms. The molecule has 0 aromatic heterocycles. The highest BCUT2D eigenvalue weighted by molar-refractivity contribution is 7.99. The molecular formula is C18H25NO2S. The fourth-order valence-electron chi connectivity index (χ4n) is 3.86. The van der Waals surface area contributed by atoms with E-state index >= 15 is 0 Å². The zero-order valence-electron chi connectivity index (χ0n) is 13.5. The van der Waals surface area contributed by atoms with Crippen molar-refractivity contribution in [2.24, 2.45) is 0 Å². The van der Waals surface area contributed by atoms with Gasteiger partial charge in [0.1, 0.15) is 5.75 Å². The number of carbonyl (C=O) groups is 1. The smallest absolute Gasteiger partial charge is 0.227 e. The van der Waals surface area contributed by atoms with E-state index in [4.69, 9.17) is 4.74 Å². The summed E-state index contributed by atoms with van der Waals surface area (Å²) in [5, 5.41) is 0.743. The molecule has 3 rings (SSSR count). The van der Waals surface area contributed by atoms with Gasteiger partial charge >= 0.3 is 0 Å². The molecule has 2 aliphatic rings. The number of benzene rings is 1. The molecule has 2 heterocycles. The van der Waals surface area contributed by atoms with Gasteiger partial charge in [-0.05, 0) is 56.6 Å². The van der Waals surface area contributed by atoms with E-state index in [0.29, 0.717) is 31.0 Å². The molecule has 3 nitrogen and oxygen atoms in total. The quantitative estimate of drug-likeness (QED) is 0.832. The van der Waals surface area contributed by atoms with Crippen molar-refractivity contribution in [3.63, 3.8) is 0 Å². The third-order valence-electron chi connectivity index (χ3n) is 4.90. The summed E-state index contributed by atoms with van der Waals surface area (Å²) in [6, 6.07) is 8.90. The minimum absolute atomic E-state index is 0.302. The van der Waals surface area contributed by atoms with E-state index < -0.39 is 0 Å². The Balaban J connectivity index is 1.62. The van der Waals surface area contributed by atoms with Crippen LogP contribution in [0.15, 0.2) is 24.3 Å². The van der Waals surface area contributed by atoms with Crippen molar-refractivity contribution in [2.45, 2.75) is 56.4 Å². The second-order valence-electron chi connectivity index (χ2n) is 6.27. The zero-order valence-corrected chi connectivity index (χ0v) is 14.3. The van der Waals surface area contributed by atoms with Gasteiger partial charge in [0.25, 0.3) is 0 Å². The van der Waals surface area contributed by atoms with E-state index in [-0.39, 0.29) is 0 Å². The number of piperidine rings is 1. The van der Waals surface area contributed by atoms with Gasteiger partial charge < -0.3 is 9.64 Å². The number of thioether (sulfide) groups is 1. The first kappa shape index (κ1) is 15.7. The van der Waals surface area contributed by atoms with Gasteiger partial charge in [-0.3, -0.25) is 4.79 Å². The normalized spacial score (nSPS) is 27.0. The van der Waals surface area contributed by atoms with Crippen LogP contribution in [-0.4, -0.2) is 41.0 Å². The average molecular weight is 319 g/mol. The number of fused-ring (bicyclic) bond motifs is 2. The van der Waals surface area contributed by atoms with Gasteiger partial charge in [-0.1, -0.05) is 12.1 Å². The van der Waals surface area contributed by atoms with Crippen molar-refractivity contribution in [2.75, 3.05) is 12.9 Å². The van der Waals surface area contributed by atoms with Gasteiger partial charge in [0, 0.05) is 17.3 Å². The molecule has 2 saturated heterocycles. The third-order valence-corrected chi connectivity index (χ3v) is 5.95. The summed E-state index contributed by atoms with van der Waals surface area (Å²) in [6.45, 7) is 2.65. The SMILES string of the molecule is CCOc1ccc(CC(=O)N2C3CCC2CC(SC)C3)cc1. The summed E-state index contributed by atoms with van der Waals surface area (Å²) < 4.78 is 5.45. The van der Waals surface area contributed by atoms with Crippen LogP contribution in [0.25, 0.3) is 0 Å². The van der Waals surface area contributed by atoms with Crippen LogP contribution < -0.4 is 4.74 Å². The molecule has 1 aromatic rings. The lowest BCUT2D eigenvalue weighted by Gasteiger charge is -2.38. The Kier molecular flexibility index (Phi) is 4.97. The molecule has 2 aliphatic heterocycles. The van der Waals surface area contributed by atoms with Crippen LogP contribution in [0.1, 0.15) is 38.2 Å². The number of nitrogens with zero attached hydrogens (tertiary/aromatic N) is 1. The molecule has 1 amide bonds. The minimum Gasteiger partial charge on any atom is -0.494 e. The Bertz CT molecular complexity index is 502. The van der Waals surface area contributed by atoms with E-state index in [1.807, 2.05) is 43.0 Å². The lowest BCUT2D eigenvalue weighted by atomic mass is 10.0. The maximum atomic E-state index is 12.7. The van der Waals surface area contributed by atoms with Crippen molar-refractivity contribution in [1.82, 2.24) is 4.90 Å². The molecule has 2 bridgehead atoms. The molecular weight excluding hydrogens is 294 g/mol. The van der Waals surface area contributed by atoms with Crippen LogP contribution in [0.4, 0.5) is 0 Å². The van der Waals surface area contributed by atoms with Crippen LogP contribution in [0, 0.1) is 0 Å². The van der Waals surface area contributed by atoms with E-state index in [9.17, 15) is 4.79 Å². The monoisotopic (exact) mass is 319 g/mol. The van der Waals surface area contributed by atoms with Crippen LogP contribution in [0.2, 0.25) is 0 Å². The van der Waals surface area contributed by atoms with Crippen molar-refractivity contribution < 1.29 is 9.53 Å².